The van der Waals surface area contributed by atoms with Crippen molar-refractivity contribution in [3.05, 3.63) is 11.6 Å². The summed E-state index contributed by atoms with van der Waals surface area (Å²) in [4.78, 5) is 0. The molecule has 0 aliphatic carbocycles. The number of aliphatic hydroxyl groups is 1. The Balaban J connectivity index is 2.43. The van der Waals surface area contributed by atoms with Crippen LogP contribution in [0.15, 0.2) is 11.6 Å². The van der Waals surface area contributed by atoms with Gasteiger partial charge in [-0.1, -0.05) is 11.6 Å². The van der Waals surface area contributed by atoms with Gasteiger partial charge in [0.25, 0.3) is 0 Å². The van der Waals surface area contributed by atoms with Crippen LogP contribution < -0.4 is 0 Å². The fourth-order valence-electron chi connectivity index (χ4n) is 1.37. The molecule has 13 heavy (non-hydrogen) atoms. The molecule has 1 unspecified atom stereocenters. The second kappa shape index (κ2) is 4.22. The van der Waals surface area contributed by atoms with Crippen LogP contribution in [-0.2, 0) is 9.47 Å². The molecule has 1 aliphatic heterocycles. The van der Waals surface area contributed by atoms with Gasteiger partial charge in [-0.05, 0) is 27.2 Å². The maximum Gasteiger partial charge on any atom is 0.163 e. The van der Waals surface area contributed by atoms with Gasteiger partial charge in [-0.25, -0.2) is 0 Å². The zero-order valence-electron chi connectivity index (χ0n) is 8.54. The fraction of sp³-hybridized carbons (Fsp3) is 0.800. The molecule has 0 saturated carbocycles. The van der Waals surface area contributed by atoms with Gasteiger partial charge in [-0.3, -0.25) is 0 Å². The summed E-state index contributed by atoms with van der Waals surface area (Å²) in [7, 11) is 0. The third-order valence-corrected chi connectivity index (χ3v) is 2.01. The van der Waals surface area contributed by atoms with E-state index < -0.39 is 5.79 Å². The van der Waals surface area contributed by atoms with Crippen molar-refractivity contribution in [1.82, 2.24) is 0 Å². The van der Waals surface area contributed by atoms with E-state index in [1.165, 1.54) is 0 Å². The summed E-state index contributed by atoms with van der Waals surface area (Å²) in [6, 6.07) is 0. The summed E-state index contributed by atoms with van der Waals surface area (Å²) < 4.78 is 11.0. The van der Waals surface area contributed by atoms with E-state index in [1.807, 2.05) is 26.8 Å². The Morgan fingerprint density at radius 2 is 2.31 bits per heavy atom. The lowest BCUT2D eigenvalue weighted by molar-refractivity contribution is -0.133. The second-order valence-electron chi connectivity index (χ2n) is 3.85. The quantitative estimate of drug-likeness (QED) is 0.678. The molecular formula is C10H18O3. The van der Waals surface area contributed by atoms with E-state index in [-0.39, 0.29) is 12.7 Å². The highest BCUT2D eigenvalue weighted by Crippen LogP contribution is 2.23. The molecule has 3 nitrogen and oxygen atoms in total. The van der Waals surface area contributed by atoms with Gasteiger partial charge >= 0.3 is 0 Å². The standard InChI is InChI=1S/C10H18O3/c1-8(4-5-11)6-9-7-12-10(2,3)13-9/h6,9,11H,4-5,7H2,1-3H3/b8-6+. The van der Waals surface area contributed by atoms with Gasteiger partial charge in [-0.15, -0.1) is 0 Å². The van der Waals surface area contributed by atoms with Crippen molar-refractivity contribution in [3.63, 3.8) is 0 Å². The summed E-state index contributed by atoms with van der Waals surface area (Å²) >= 11 is 0. The number of ether oxygens (including phenoxy) is 2. The molecule has 0 aromatic heterocycles. The van der Waals surface area contributed by atoms with Crippen molar-refractivity contribution in [3.8, 4) is 0 Å². The van der Waals surface area contributed by atoms with Crippen LogP contribution in [0, 0.1) is 0 Å². The Kier molecular flexibility index (Phi) is 3.47. The van der Waals surface area contributed by atoms with Crippen LogP contribution in [0.25, 0.3) is 0 Å². The Bertz CT molecular complexity index is 196. The Morgan fingerprint density at radius 3 is 2.77 bits per heavy atom. The molecule has 1 atom stereocenters. The lowest BCUT2D eigenvalue weighted by Gasteiger charge is -2.15. The molecule has 3 heteroatoms. The van der Waals surface area contributed by atoms with Gasteiger partial charge in [0.15, 0.2) is 5.79 Å². The molecule has 0 aromatic carbocycles. The van der Waals surface area contributed by atoms with Gasteiger partial charge in [0.1, 0.15) is 6.10 Å². The number of aliphatic hydroxyl groups excluding tert-OH is 1. The van der Waals surface area contributed by atoms with Crippen LogP contribution in [0.1, 0.15) is 27.2 Å². The number of hydrogen-bond acceptors (Lipinski definition) is 3. The maximum atomic E-state index is 8.70. The molecule has 0 spiro atoms. The van der Waals surface area contributed by atoms with Crippen molar-refractivity contribution >= 4 is 0 Å². The first kappa shape index (κ1) is 10.7. The summed E-state index contributed by atoms with van der Waals surface area (Å²) in [5.41, 5.74) is 1.15. The van der Waals surface area contributed by atoms with E-state index in [2.05, 4.69) is 0 Å². The lowest BCUT2D eigenvalue weighted by atomic mass is 10.2. The maximum absolute atomic E-state index is 8.70. The minimum Gasteiger partial charge on any atom is -0.396 e. The van der Waals surface area contributed by atoms with Crippen molar-refractivity contribution in [2.45, 2.75) is 39.1 Å². The highest BCUT2D eigenvalue weighted by Gasteiger charge is 2.31. The SMILES string of the molecule is C/C(=C\C1COC(C)(C)O1)CCO. The zero-order chi connectivity index (χ0) is 9.90. The predicted octanol–water partition coefficient (Wildman–Crippen LogP) is 1.47. The summed E-state index contributed by atoms with van der Waals surface area (Å²) in [5, 5.41) is 8.70. The van der Waals surface area contributed by atoms with Gasteiger partial charge in [0.05, 0.1) is 6.61 Å². The molecule has 1 N–H and O–H groups in total. The molecule has 0 radical (unpaired) electrons. The van der Waals surface area contributed by atoms with Crippen LogP contribution in [0.5, 0.6) is 0 Å². The molecule has 1 heterocycles. The summed E-state index contributed by atoms with van der Waals surface area (Å²) in [6.07, 6.45) is 2.77. The normalized spacial score (nSPS) is 28.0. The summed E-state index contributed by atoms with van der Waals surface area (Å²) in [6.45, 7) is 6.60. The first-order valence-electron chi connectivity index (χ1n) is 4.63. The topological polar surface area (TPSA) is 38.7 Å². The van der Waals surface area contributed by atoms with Crippen molar-refractivity contribution in [1.29, 1.82) is 0 Å². The first-order valence-corrected chi connectivity index (χ1v) is 4.63. The number of hydrogen-bond donors (Lipinski definition) is 1. The van der Waals surface area contributed by atoms with Gasteiger partial charge < -0.3 is 14.6 Å². The lowest BCUT2D eigenvalue weighted by Crippen LogP contribution is -2.20. The van der Waals surface area contributed by atoms with E-state index in [4.69, 9.17) is 14.6 Å². The minimum atomic E-state index is -0.458. The minimum absolute atomic E-state index is 0.0431. The van der Waals surface area contributed by atoms with Crippen molar-refractivity contribution in [2.24, 2.45) is 0 Å². The van der Waals surface area contributed by atoms with E-state index >= 15 is 0 Å². The van der Waals surface area contributed by atoms with E-state index in [0.29, 0.717) is 13.0 Å². The van der Waals surface area contributed by atoms with E-state index in [9.17, 15) is 0 Å². The predicted molar refractivity (Wildman–Crippen MR) is 50.4 cm³/mol. The zero-order valence-corrected chi connectivity index (χ0v) is 8.54. The molecule has 0 bridgehead atoms. The third-order valence-electron chi connectivity index (χ3n) is 2.01. The van der Waals surface area contributed by atoms with E-state index in [1.54, 1.807) is 0 Å². The Labute approximate surface area is 79.3 Å². The molecule has 1 fully saturated rings. The molecule has 1 aliphatic rings. The molecule has 1 saturated heterocycles. The van der Waals surface area contributed by atoms with Crippen LogP contribution in [0.2, 0.25) is 0 Å². The molecule has 0 aromatic rings. The van der Waals surface area contributed by atoms with E-state index in [0.717, 1.165) is 5.57 Å². The largest absolute Gasteiger partial charge is 0.396 e. The van der Waals surface area contributed by atoms with Crippen molar-refractivity contribution in [2.75, 3.05) is 13.2 Å². The van der Waals surface area contributed by atoms with Crippen LogP contribution in [0.3, 0.4) is 0 Å². The Hall–Kier alpha value is -0.380. The molecular weight excluding hydrogens is 168 g/mol. The first-order chi connectivity index (χ1) is 6.03. The second-order valence-corrected chi connectivity index (χ2v) is 3.85. The van der Waals surface area contributed by atoms with Crippen molar-refractivity contribution < 1.29 is 14.6 Å². The van der Waals surface area contributed by atoms with Crippen LogP contribution in [0.4, 0.5) is 0 Å². The monoisotopic (exact) mass is 186 g/mol. The highest BCUT2D eigenvalue weighted by molar-refractivity contribution is 5.03. The molecule has 0 amide bonds. The van der Waals surface area contributed by atoms with Gasteiger partial charge in [-0.2, -0.15) is 0 Å². The van der Waals surface area contributed by atoms with Crippen LogP contribution >= 0.6 is 0 Å². The number of rotatable bonds is 3. The third kappa shape index (κ3) is 3.46. The molecule has 1 rings (SSSR count). The highest BCUT2D eigenvalue weighted by atomic mass is 16.7. The average Bonchev–Trinajstić information content (AvgIpc) is 2.30. The summed E-state index contributed by atoms with van der Waals surface area (Å²) in [5.74, 6) is -0.458. The van der Waals surface area contributed by atoms with Crippen LogP contribution in [-0.4, -0.2) is 30.2 Å². The smallest absolute Gasteiger partial charge is 0.163 e. The van der Waals surface area contributed by atoms with Gasteiger partial charge in [0.2, 0.25) is 0 Å². The van der Waals surface area contributed by atoms with Gasteiger partial charge in [0, 0.05) is 6.61 Å². The molecule has 76 valence electrons. The Morgan fingerprint density at radius 1 is 1.62 bits per heavy atom. The fourth-order valence-corrected chi connectivity index (χ4v) is 1.37. The average molecular weight is 186 g/mol.